The lowest BCUT2D eigenvalue weighted by molar-refractivity contribution is -0.119. The number of nitrogens with zero attached hydrogens (tertiary/aromatic N) is 3. The van der Waals surface area contributed by atoms with Crippen molar-refractivity contribution in [1.82, 2.24) is 9.47 Å². The molecular formula is C21H26N4O2. The number of hydrogen-bond donors (Lipinski definition) is 1. The molecule has 6 nitrogen and oxygen atoms in total. The highest BCUT2D eigenvalue weighted by molar-refractivity contribution is 5.93. The molecule has 1 aliphatic heterocycles. The van der Waals surface area contributed by atoms with Gasteiger partial charge in [-0.3, -0.25) is 9.69 Å². The van der Waals surface area contributed by atoms with Crippen molar-refractivity contribution in [2.45, 2.75) is 33.4 Å². The summed E-state index contributed by atoms with van der Waals surface area (Å²) >= 11 is 0. The van der Waals surface area contributed by atoms with Gasteiger partial charge < -0.3 is 14.6 Å². The van der Waals surface area contributed by atoms with Gasteiger partial charge in [0, 0.05) is 25.3 Å². The first-order chi connectivity index (χ1) is 13.0. The Morgan fingerprint density at radius 3 is 2.74 bits per heavy atom. The van der Waals surface area contributed by atoms with Gasteiger partial charge >= 0.3 is 0 Å². The Hall–Kier alpha value is -2.62. The van der Waals surface area contributed by atoms with Crippen molar-refractivity contribution in [1.29, 1.82) is 5.26 Å². The third kappa shape index (κ3) is 4.38. The molecular weight excluding hydrogens is 340 g/mol. The topological polar surface area (TPSA) is 70.3 Å². The lowest BCUT2D eigenvalue weighted by Gasteiger charge is -2.30. The minimum absolute atomic E-state index is 0.104. The predicted octanol–water partition coefficient (Wildman–Crippen LogP) is 2.68. The molecule has 0 saturated carbocycles. The van der Waals surface area contributed by atoms with Crippen molar-refractivity contribution in [2.75, 3.05) is 31.6 Å². The molecule has 2 heterocycles. The van der Waals surface area contributed by atoms with Crippen LogP contribution in [0, 0.1) is 25.2 Å². The summed E-state index contributed by atoms with van der Waals surface area (Å²) in [5.74, 6) is 0.482. The van der Waals surface area contributed by atoms with Gasteiger partial charge in [-0.1, -0.05) is 30.3 Å². The van der Waals surface area contributed by atoms with Gasteiger partial charge in [0.15, 0.2) is 0 Å². The summed E-state index contributed by atoms with van der Waals surface area (Å²) in [5, 5.41) is 12.6. The first-order valence-electron chi connectivity index (χ1n) is 9.27. The van der Waals surface area contributed by atoms with Crippen LogP contribution in [0.2, 0.25) is 0 Å². The van der Waals surface area contributed by atoms with Crippen LogP contribution in [0.1, 0.15) is 29.3 Å². The molecule has 0 spiro atoms. The summed E-state index contributed by atoms with van der Waals surface area (Å²) in [4.78, 5) is 14.7. The van der Waals surface area contributed by atoms with Crippen LogP contribution in [0.4, 0.5) is 5.82 Å². The third-order valence-electron chi connectivity index (χ3n) is 5.07. The second kappa shape index (κ2) is 8.38. The number of benzene rings is 1. The molecule has 1 aromatic carbocycles. The Morgan fingerprint density at radius 2 is 2.07 bits per heavy atom. The molecule has 27 heavy (non-hydrogen) atoms. The van der Waals surface area contributed by atoms with E-state index < -0.39 is 0 Å². The first kappa shape index (κ1) is 19.2. The van der Waals surface area contributed by atoms with Gasteiger partial charge in [-0.2, -0.15) is 5.26 Å². The molecule has 1 amide bonds. The van der Waals surface area contributed by atoms with Crippen LogP contribution >= 0.6 is 0 Å². The molecule has 1 fully saturated rings. The fraction of sp³-hybridized carbons (Fsp3) is 0.429. The molecule has 1 atom stereocenters. The molecule has 1 aromatic heterocycles. The monoisotopic (exact) mass is 366 g/mol. The number of ether oxygens (including phenoxy) is 1. The van der Waals surface area contributed by atoms with Crippen LogP contribution in [-0.4, -0.2) is 47.7 Å². The van der Waals surface area contributed by atoms with Crippen molar-refractivity contribution in [2.24, 2.45) is 0 Å². The van der Waals surface area contributed by atoms with Crippen molar-refractivity contribution in [3.8, 4) is 6.07 Å². The van der Waals surface area contributed by atoms with E-state index in [1.54, 1.807) is 0 Å². The summed E-state index contributed by atoms with van der Waals surface area (Å²) < 4.78 is 7.55. The van der Waals surface area contributed by atoms with Gasteiger partial charge in [0.05, 0.1) is 24.8 Å². The number of anilines is 1. The number of nitriles is 1. The zero-order valence-electron chi connectivity index (χ0n) is 16.2. The number of morpholine rings is 1. The maximum absolute atomic E-state index is 12.7. The summed E-state index contributed by atoms with van der Waals surface area (Å²) in [6, 6.07) is 12.3. The van der Waals surface area contributed by atoms with Crippen molar-refractivity contribution < 1.29 is 9.53 Å². The van der Waals surface area contributed by atoms with Gasteiger partial charge in [-0.25, -0.2) is 0 Å². The largest absolute Gasteiger partial charge is 0.376 e. The Labute approximate surface area is 160 Å². The van der Waals surface area contributed by atoms with E-state index in [2.05, 4.69) is 16.3 Å². The Bertz CT molecular complexity index is 851. The summed E-state index contributed by atoms with van der Waals surface area (Å²) in [6.07, 6.45) is 0.132. The second-order valence-electron chi connectivity index (χ2n) is 7.08. The number of aromatic nitrogens is 1. The van der Waals surface area contributed by atoms with E-state index in [-0.39, 0.29) is 12.0 Å². The zero-order valence-corrected chi connectivity index (χ0v) is 16.2. The van der Waals surface area contributed by atoms with Crippen LogP contribution in [0.25, 0.3) is 0 Å². The van der Waals surface area contributed by atoms with Crippen LogP contribution in [-0.2, 0) is 16.1 Å². The van der Waals surface area contributed by atoms with Gasteiger partial charge in [-0.05, 0) is 31.9 Å². The number of rotatable bonds is 5. The lowest BCUT2D eigenvalue weighted by Crippen LogP contribution is -2.44. The first-order valence-corrected chi connectivity index (χ1v) is 9.27. The minimum Gasteiger partial charge on any atom is -0.376 e. The summed E-state index contributed by atoms with van der Waals surface area (Å²) in [6.45, 7) is 8.95. The Kier molecular flexibility index (Phi) is 5.94. The molecule has 3 rings (SSSR count). The highest BCUT2D eigenvalue weighted by Crippen LogP contribution is 2.27. The maximum atomic E-state index is 12.7. The number of amides is 1. The van der Waals surface area contributed by atoms with E-state index in [9.17, 15) is 10.1 Å². The normalized spacial score (nSPS) is 17.5. The minimum atomic E-state index is -0.104. The highest BCUT2D eigenvalue weighted by Gasteiger charge is 2.22. The molecule has 0 bridgehead atoms. The number of hydrogen-bond acceptors (Lipinski definition) is 4. The van der Waals surface area contributed by atoms with Crippen LogP contribution in [0.5, 0.6) is 0 Å². The fourth-order valence-corrected chi connectivity index (χ4v) is 3.50. The van der Waals surface area contributed by atoms with Gasteiger partial charge in [0.25, 0.3) is 0 Å². The number of carbonyl (C=O) groups is 1. The van der Waals surface area contributed by atoms with Crippen molar-refractivity contribution >= 4 is 11.7 Å². The fourth-order valence-electron chi connectivity index (χ4n) is 3.50. The average Bonchev–Trinajstić information content (AvgIpc) is 2.86. The Morgan fingerprint density at radius 1 is 1.33 bits per heavy atom. The molecule has 2 aromatic rings. The van der Waals surface area contributed by atoms with Gasteiger partial charge in [-0.15, -0.1) is 0 Å². The van der Waals surface area contributed by atoms with E-state index in [4.69, 9.17) is 4.74 Å². The molecule has 6 heteroatoms. The predicted molar refractivity (Wildman–Crippen MR) is 105 cm³/mol. The highest BCUT2D eigenvalue weighted by atomic mass is 16.5. The van der Waals surface area contributed by atoms with E-state index in [0.29, 0.717) is 31.1 Å². The SMILES string of the molecule is Cc1c(C#N)c(NC(=O)CN2CCO[C@H](C)C2)n(Cc2ccccc2)c1C. The second-order valence-corrected chi connectivity index (χ2v) is 7.08. The summed E-state index contributed by atoms with van der Waals surface area (Å²) in [7, 11) is 0. The number of carbonyl (C=O) groups excluding carboxylic acids is 1. The molecule has 0 aliphatic carbocycles. The molecule has 0 radical (unpaired) electrons. The van der Waals surface area contributed by atoms with Gasteiger partial charge in [0.1, 0.15) is 11.9 Å². The lowest BCUT2D eigenvalue weighted by atomic mass is 10.2. The zero-order chi connectivity index (χ0) is 19.4. The molecule has 1 saturated heterocycles. The molecule has 142 valence electrons. The van der Waals surface area contributed by atoms with E-state index >= 15 is 0 Å². The van der Waals surface area contributed by atoms with E-state index in [1.807, 2.05) is 55.7 Å². The van der Waals surface area contributed by atoms with Crippen LogP contribution < -0.4 is 5.32 Å². The van der Waals surface area contributed by atoms with Crippen molar-refractivity contribution in [3.05, 3.63) is 52.7 Å². The molecule has 1 N–H and O–H groups in total. The average molecular weight is 366 g/mol. The van der Waals surface area contributed by atoms with Gasteiger partial charge in [0.2, 0.25) is 5.91 Å². The van der Waals surface area contributed by atoms with Crippen molar-refractivity contribution in [3.63, 3.8) is 0 Å². The van der Waals surface area contributed by atoms with E-state index in [0.717, 1.165) is 29.9 Å². The molecule has 0 unspecified atom stereocenters. The maximum Gasteiger partial charge on any atom is 0.239 e. The smallest absolute Gasteiger partial charge is 0.239 e. The molecule has 1 aliphatic rings. The van der Waals surface area contributed by atoms with E-state index in [1.165, 1.54) is 0 Å². The number of nitrogens with one attached hydrogen (secondary N) is 1. The Balaban J connectivity index is 1.82. The standard InChI is InChI=1S/C21H26N4O2/c1-15-12-24(9-10-27-15)14-20(26)23-21-19(11-22)16(2)17(3)25(21)13-18-7-5-4-6-8-18/h4-8,15H,9-10,12-14H2,1-3H3,(H,23,26)/t15-/m1/s1. The van der Waals surface area contributed by atoms with Crippen LogP contribution in [0.15, 0.2) is 30.3 Å². The summed E-state index contributed by atoms with van der Waals surface area (Å²) in [5.41, 5.74) is 3.55. The quantitative estimate of drug-likeness (QED) is 0.883. The van der Waals surface area contributed by atoms with Crippen LogP contribution in [0.3, 0.4) is 0 Å². The third-order valence-corrected chi connectivity index (χ3v) is 5.07.